The van der Waals surface area contributed by atoms with Crippen molar-refractivity contribution in [2.45, 2.75) is 32.3 Å². The standard InChI is InChI=1S/C20H25NO3/c1-15-8-10-19(11-9-15)24-14-20(23)21-13-18(12-16(2)22)17-6-4-3-5-7-17/h3-11,16,18,22H,12-14H2,1-2H3,(H,21,23). The summed E-state index contributed by atoms with van der Waals surface area (Å²) in [4.78, 5) is 12.0. The normalized spacial score (nSPS) is 13.1. The lowest BCUT2D eigenvalue weighted by molar-refractivity contribution is -0.123. The number of aliphatic hydroxyl groups is 1. The van der Waals surface area contributed by atoms with Crippen molar-refractivity contribution in [3.8, 4) is 5.75 Å². The summed E-state index contributed by atoms with van der Waals surface area (Å²) in [6, 6.07) is 17.5. The number of hydrogen-bond donors (Lipinski definition) is 2. The van der Waals surface area contributed by atoms with Crippen LogP contribution in [0.2, 0.25) is 0 Å². The van der Waals surface area contributed by atoms with Crippen LogP contribution >= 0.6 is 0 Å². The quantitative estimate of drug-likeness (QED) is 0.783. The third-order valence-electron chi connectivity index (χ3n) is 3.83. The van der Waals surface area contributed by atoms with E-state index in [1.807, 2.05) is 61.5 Å². The number of carbonyl (C=O) groups is 1. The first-order valence-corrected chi connectivity index (χ1v) is 8.24. The van der Waals surface area contributed by atoms with Crippen LogP contribution in [-0.4, -0.2) is 30.3 Å². The summed E-state index contributed by atoms with van der Waals surface area (Å²) in [6.45, 7) is 4.23. The minimum absolute atomic E-state index is 0.0146. The van der Waals surface area contributed by atoms with Crippen LogP contribution < -0.4 is 10.1 Å². The van der Waals surface area contributed by atoms with Crippen LogP contribution in [0.5, 0.6) is 5.75 Å². The van der Waals surface area contributed by atoms with E-state index in [1.165, 1.54) is 0 Å². The Kier molecular flexibility index (Phi) is 6.82. The van der Waals surface area contributed by atoms with Gasteiger partial charge in [0.1, 0.15) is 5.75 Å². The number of hydrogen-bond acceptors (Lipinski definition) is 3. The molecule has 0 aliphatic heterocycles. The molecule has 2 unspecified atom stereocenters. The van der Waals surface area contributed by atoms with Crippen LogP contribution in [0.1, 0.15) is 30.4 Å². The molecule has 24 heavy (non-hydrogen) atoms. The van der Waals surface area contributed by atoms with Gasteiger partial charge < -0.3 is 15.2 Å². The van der Waals surface area contributed by atoms with Crippen molar-refractivity contribution in [3.63, 3.8) is 0 Å². The van der Waals surface area contributed by atoms with Gasteiger partial charge in [-0.05, 0) is 38.0 Å². The van der Waals surface area contributed by atoms with Crippen molar-refractivity contribution in [3.05, 3.63) is 65.7 Å². The van der Waals surface area contributed by atoms with E-state index < -0.39 is 6.10 Å². The molecule has 0 saturated heterocycles. The maximum Gasteiger partial charge on any atom is 0.257 e. The molecular formula is C20H25NO3. The van der Waals surface area contributed by atoms with E-state index in [9.17, 15) is 9.90 Å². The lowest BCUT2D eigenvalue weighted by Gasteiger charge is -2.19. The van der Waals surface area contributed by atoms with E-state index in [2.05, 4.69) is 5.32 Å². The van der Waals surface area contributed by atoms with Gasteiger partial charge in [0.2, 0.25) is 0 Å². The van der Waals surface area contributed by atoms with Gasteiger partial charge in [-0.1, -0.05) is 48.0 Å². The van der Waals surface area contributed by atoms with Gasteiger partial charge in [0.25, 0.3) is 5.91 Å². The molecule has 2 aromatic carbocycles. The van der Waals surface area contributed by atoms with E-state index >= 15 is 0 Å². The molecule has 1 amide bonds. The number of benzene rings is 2. The number of aliphatic hydroxyl groups excluding tert-OH is 1. The van der Waals surface area contributed by atoms with E-state index in [4.69, 9.17) is 4.74 Å². The van der Waals surface area contributed by atoms with Gasteiger partial charge in [-0.3, -0.25) is 4.79 Å². The molecule has 0 radical (unpaired) electrons. The van der Waals surface area contributed by atoms with Crippen LogP contribution in [0.3, 0.4) is 0 Å². The van der Waals surface area contributed by atoms with Crippen LogP contribution in [0.4, 0.5) is 0 Å². The molecule has 0 bridgehead atoms. The Morgan fingerprint density at radius 3 is 2.42 bits per heavy atom. The van der Waals surface area contributed by atoms with Gasteiger partial charge >= 0.3 is 0 Å². The first kappa shape index (κ1) is 18.0. The highest BCUT2D eigenvalue weighted by Crippen LogP contribution is 2.20. The topological polar surface area (TPSA) is 58.6 Å². The summed E-state index contributed by atoms with van der Waals surface area (Å²) >= 11 is 0. The Hall–Kier alpha value is -2.33. The fourth-order valence-corrected chi connectivity index (χ4v) is 2.55. The molecule has 2 atom stereocenters. The highest BCUT2D eigenvalue weighted by Gasteiger charge is 2.15. The molecule has 2 aromatic rings. The summed E-state index contributed by atoms with van der Waals surface area (Å²) < 4.78 is 5.48. The third kappa shape index (κ3) is 6.05. The van der Waals surface area contributed by atoms with Gasteiger partial charge in [-0.25, -0.2) is 0 Å². The third-order valence-corrected chi connectivity index (χ3v) is 3.83. The fourth-order valence-electron chi connectivity index (χ4n) is 2.55. The predicted octanol–water partition coefficient (Wildman–Crippen LogP) is 3.04. The van der Waals surface area contributed by atoms with E-state index in [1.54, 1.807) is 6.92 Å². The summed E-state index contributed by atoms with van der Waals surface area (Å²) in [7, 11) is 0. The summed E-state index contributed by atoms with van der Waals surface area (Å²) in [5, 5.41) is 12.6. The Bertz CT molecular complexity index is 623. The van der Waals surface area contributed by atoms with E-state index in [0.717, 1.165) is 11.1 Å². The zero-order chi connectivity index (χ0) is 17.4. The largest absolute Gasteiger partial charge is 0.484 e. The van der Waals surface area contributed by atoms with Crippen LogP contribution in [0, 0.1) is 6.92 Å². The number of amides is 1. The number of aryl methyl sites for hydroxylation is 1. The summed E-state index contributed by atoms with van der Waals surface area (Å²) in [5.74, 6) is 0.593. The molecule has 0 aliphatic carbocycles. The molecule has 0 heterocycles. The Morgan fingerprint density at radius 1 is 1.12 bits per heavy atom. The highest BCUT2D eigenvalue weighted by atomic mass is 16.5. The molecule has 4 nitrogen and oxygen atoms in total. The molecule has 0 fully saturated rings. The first-order chi connectivity index (χ1) is 11.5. The second kappa shape index (κ2) is 9.08. The maximum atomic E-state index is 12.0. The SMILES string of the molecule is Cc1ccc(OCC(=O)NCC(CC(C)O)c2ccccc2)cc1. The summed E-state index contributed by atoms with van der Waals surface area (Å²) in [5.41, 5.74) is 2.26. The number of carbonyl (C=O) groups excluding carboxylic acids is 1. The molecule has 2 N–H and O–H groups in total. The molecule has 0 spiro atoms. The van der Waals surface area contributed by atoms with Gasteiger partial charge in [-0.2, -0.15) is 0 Å². The first-order valence-electron chi connectivity index (χ1n) is 8.24. The Morgan fingerprint density at radius 2 is 1.79 bits per heavy atom. The predicted molar refractivity (Wildman–Crippen MR) is 95.2 cm³/mol. The smallest absolute Gasteiger partial charge is 0.257 e. The molecule has 2 rings (SSSR count). The lowest BCUT2D eigenvalue weighted by Crippen LogP contribution is -2.33. The van der Waals surface area contributed by atoms with Gasteiger partial charge in [0.15, 0.2) is 6.61 Å². The second-order valence-corrected chi connectivity index (χ2v) is 6.10. The van der Waals surface area contributed by atoms with Crippen molar-refractivity contribution in [2.24, 2.45) is 0 Å². The maximum absolute atomic E-state index is 12.0. The molecular weight excluding hydrogens is 302 g/mol. The van der Waals surface area contributed by atoms with Crippen molar-refractivity contribution in [1.82, 2.24) is 5.32 Å². The van der Waals surface area contributed by atoms with Crippen LogP contribution in [0.25, 0.3) is 0 Å². The van der Waals surface area contributed by atoms with Crippen molar-refractivity contribution < 1.29 is 14.6 Å². The zero-order valence-electron chi connectivity index (χ0n) is 14.2. The van der Waals surface area contributed by atoms with Gasteiger partial charge in [0, 0.05) is 12.5 Å². The number of nitrogens with one attached hydrogen (secondary N) is 1. The minimum atomic E-state index is -0.420. The highest BCUT2D eigenvalue weighted by molar-refractivity contribution is 5.77. The zero-order valence-corrected chi connectivity index (χ0v) is 14.2. The van der Waals surface area contributed by atoms with Crippen molar-refractivity contribution in [2.75, 3.05) is 13.2 Å². The average Bonchev–Trinajstić information content (AvgIpc) is 2.58. The Labute approximate surface area is 143 Å². The van der Waals surface area contributed by atoms with Gasteiger partial charge in [-0.15, -0.1) is 0 Å². The van der Waals surface area contributed by atoms with Crippen LogP contribution in [0.15, 0.2) is 54.6 Å². The molecule has 128 valence electrons. The molecule has 0 aromatic heterocycles. The number of rotatable bonds is 8. The molecule has 4 heteroatoms. The van der Waals surface area contributed by atoms with Crippen molar-refractivity contribution in [1.29, 1.82) is 0 Å². The average molecular weight is 327 g/mol. The Balaban J connectivity index is 1.84. The van der Waals surface area contributed by atoms with E-state index in [-0.39, 0.29) is 18.4 Å². The monoisotopic (exact) mass is 327 g/mol. The van der Waals surface area contributed by atoms with Gasteiger partial charge in [0.05, 0.1) is 6.10 Å². The van der Waals surface area contributed by atoms with E-state index in [0.29, 0.717) is 18.7 Å². The lowest BCUT2D eigenvalue weighted by atomic mass is 9.93. The summed E-state index contributed by atoms with van der Waals surface area (Å²) in [6.07, 6.45) is 0.180. The number of ether oxygens (including phenoxy) is 1. The van der Waals surface area contributed by atoms with Crippen molar-refractivity contribution >= 4 is 5.91 Å². The molecule has 0 aliphatic rings. The minimum Gasteiger partial charge on any atom is -0.484 e. The second-order valence-electron chi connectivity index (χ2n) is 6.10. The van der Waals surface area contributed by atoms with Crippen LogP contribution in [-0.2, 0) is 4.79 Å². The fraction of sp³-hybridized carbons (Fsp3) is 0.350. The molecule has 0 saturated carbocycles.